The van der Waals surface area contributed by atoms with Crippen LogP contribution in [0, 0.1) is 28.4 Å². The summed E-state index contributed by atoms with van der Waals surface area (Å²) in [6.45, 7) is 3.77. The molecule has 4 aliphatic rings. The number of anilines is 3. The van der Waals surface area contributed by atoms with Gasteiger partial charge in [0, 0.05) is 86.9 Å². The topological polar surface area (TPSA) is 115 Å². The fourth-order valence-corrected chi connectivity index (χ4v) is 8.02. The summed E-state index contributed by atoms with van der Waals surface area (Å²) in [5.74, 6) is -1.05. The molecule has 0 atom stereocenters. The molecule has 3 fully saturated rings. The van der Waals surface area contributed by atoms with Crippen LogP contribution in [0.5, 0.6) is 0 Å². The van der Waals surface area contributed by atoms with Gasteiger partial charge in [0.2, 0.25) is 0 Å². The lowest BCUT2D eigenvalue weighted by atomic mass is 9.71. The SMILES string of the molecule is CN(c1nc(-c2ccc(F)cc2)c(C#N)s1)c1c2c(nc3c(F)cc(N4CC5(CN(C(=O)C6(O)CCOCC6)C5)C4)cc13)COC2. The number of rotatable bonds is 5. The Balaban J connectivity index is 1.09. The van der Waals surface area contributed by atoms with Crippen LogP contribution < -0.4 is 9.80 Å². The van der Waals surface area contributed by atoms with Gasteiger partial charge >= 0.3 is 0 Å². The van der Waals surface area contributed by atoms with E-state index >= 15 is 4.39 Å². The third kappa shape index (κ3) is 4.62. The van der Waals surface area contributed by atoms with Crippen LogP contribution in [0.2, 0.25) is 0 Å². The average Bonchev–Trinajstić information content (AvgIpc) is 3.66. The normalized spacial score (nSPS) is 19.5. The molecule has 236 valence electrons. The van der Waals surface area contributed by atoms with E-state index in [2.05, 4.69) is 16.0 Å². The first kappa shape index (κ1) is 29.2. The summed E-state index contributed by atoms with van der Waals surface area (Å²) < 4.78 is 40.5. The highest BCUT2D eigenvalue weighted by atomic mass is 32.1. The summed E-state index contributed by atoms with van der Waals surface area (Å²) in [4.78, 5) is 28.5. The lowest BCUT2D eigenvalue weighted by molar-refractivity contribution is -0.174. The van der Waals surface area contributed by atoms with Crippen molar-refractivity contribution in [3.8, 4) is 17.3 Å². The molecule has 0 saturated carbocycles. The largest absolute Gasteiger partial charge is 0.381 e. The monoisotopic (exact) mass is 644 g/mol. The highest BCUT2D eigenvalue weighted by molar-refractivity contribution is 7.16. The Labute approximate surface area is 267 Å². The van der Waals surface area contributed by atoms with Gasteiger partial charge in [-0.25, -0.2) is 18.7 Å². The van der Waals surface area contributed by atoms with Gasteiger partial charge in [-0.05, 0) is 36.4 Å². The molecule has 2 aromatic carbocycles. The van der Waals surface area contributed by atoms with Crippen LogP contribution in [-0.2, 0) is 27.5 Å². The second-order valence-corrected chi connectivity index (χ2v) is 13.7. The van der Waals surface area contributed by atoms with Crippen molar-refractivity contribution >= 4 is 44.7 Å². The number of aromatic nitrogens is 2. The smallest absolute Gasteiger partial charge is 0.254 e. The highest BCUT2D eigenvalue weighted by Crippen LogP contribution is 2.47. The molecule has 10 nitrogen and oxygen atoms in total. The molecule has 4 aromatic rings. The molecule has 4 aliphatic heterocycles. The van der Waals surface area contributed by atoms with E-state index in [9.17, 15) is 19.6 Å². The number of carbonyl (C=O) groups is 1. The number of amides is 1. The third-order valence-electron chi connectivity index (χ3n) is 9.60. The van der Waals surface area contributed by atoms with Crippen molar-refractivity contribution in [2.24, 2.45) is 5.41 Å². The molecule has 0 bridgehead atoms. The van der Waals surface area contributed by atoms with Gasteiger partial charge < -0.3 is 29.3 Å². The number of nitrogens with zero attached hydrogens (tertiary/aromatic N) is 6. The molecule has 46 heavy (non-hydrogen) atoms. The Kier molecular flexibility index (Phi) is 6.77. The average molecular weight is 645 g/mol. The number of aliphatic hydroxyl groups is 1. The summed E-state index contributed by atoms with van der Waals surface area (Å²) in [5, 5.41) is 21.9. The molecule has 2 aromatic heterocycles. The van der Waals surface area contributed by atoms with Crippen LogP contribution in [0.1, 0.15) is 29.0 Å². The van der Waals surface area contributed by atoms with Crippen molar-refractivity contribution in [3.63, 3.8) is 0 Å². The minimum Gasteiger partial charge on any atom is -0.381 e. The molecule has 1 N–H and O–H groups in total. The quantitative estimate of drug-likeness (QED) is 0.336. The molecule has 0 aliphatic carbocycles. The minimum absolute atomic E-state index is 0.0857. The van der Waals surface area contributed by atoms with Crippen molar-refractivity contribution in [2.45, 2.75) is 31.7 Å². The van der Waals surface area contributed by atoms with Gasteiger partial charge in [-0.2, -0.15) is 5.26 Å². The Hall–Kier alpha value is -4.22. The number of benzene rings is 2. The number of fused-ring (bicyclic) bond motifs is 2. The number of hydrogen-bond acceptors (Lipinski definition) is 10. The van der Waals surface area contributed by atoms with Crippen LogP contribution in [0.25, 0.3) is 22.2 Å². The van der Waals surface area contributed by atoms with Gasteiger partial charge in [0.15, 0.2) is 10.9 Å². The summed E-state index contributed by atoms with van der Waals surface area (Å²) in [5.41, 5.74) is 2.78. The van der Waals surface area contributed by atoms with Gasteiger partial charge in [-0.3, -0.25) is 4.79 Å². The molecular weight excluding hydrogens is 614 g/mol. The number of nitriles is 1. The predicted octanol–water partition coefficient (Wildman–Crippen LogP) is 4.50. The van der Waals surface area contributed by atoms with Gasteiger partial charge in [-0.15, -0.1) is 0 Å². The van der Waals surface area contributed by atoms with E-state index in [-0.39, 0.29) is 29.3 Å². The van der Waals surface area contributed by atoms with Crippen LogP contribution in [0.4, 0.5) is 25.3 Å². The molecule has 1 amide bonds. The third-order valence-corrected chi connectivity index (χ3v) is 10.6. The van der Waals surface area contributed by atoms with E-state index in [1.165, 1.54) is 29.5 Å². The maximum atomic E-state index is 15.8. The van der Waals surface area contributed by atoms with Crippen molar-refractivity contribution in [1.29, 1.82) is 5.26 Å². The number of pyridine rings is 1. The summed E-state index contributed by atoms with van der Waals surface area (Å²) in [6, 6.07) is 11.5. The summed E-state index contributed by atoms with van der Waals surface area (Å²) in [6.07, 6.45) is 0.619. The maximum Gasteiger partial charge on any atom is 0.254 e. The van der Waals surface area contributed by atoms with Crippen molar-refractivity contribution in [2.75, 3.05) is 56.2 Å². The zero-order chi connectivity index (χ0) is 31.8. The van der Waals surface area contributed by atoms with E-state index in [0.29, 0.717) is 103 Å². The van der Waals surface area contributed by atoms with Gasteiger partial charge in [0.05, 0.1) is 24.6 Å². The van der Waals surface area contributed by atoms with E-state index in [4.69, 9.17) is 14.5 Å². The van der Waals surface area contributed by atoms with E-state index in [1.807, 2.05) is 18.0 Å². The number of halogens is 2. The fraction of sp³-hybridized carbons (Fsp3) is 0.394. The number of carbonyl (C=O) groups excluding carboxylic acids is 1. The lowest BCUT2D eigenvalue weighted by Gasteiger charge is -2.61. The fourth-order valence-electron chi connectivity index (χ4n) is 7.16. The van der Waals surface area contributed by atoms with Crippen LogP contribution in [-0.4, -0.2) is 77.9 Å². The van der Waals surface area contributed by atoms with Gasteiger partial charge in [0.1, 0.15) is 33.6 Å². The Bertz CT molecular complexity index is 1920. The number of hydrogen-bond donors (Lipinski definition) is 1. The van der Waals surface area contributed by atoms with Crippen molar-refractivity contribution < 1.29 is 28.2 Å². The summed E-state index contributed by atoms with van der Waals surface area (Å²) >= 11 is 1.21. The van der Waals surface area contributed by atoms with E-state index < -0.39 is 11.4 Å². The van der Waals surface area contributed by atoms with Crippen LogP contribution in [0.3, 0.4) is 0 Å². The van der Waals surface area contributed by atoms with E-state index in [0.717, 1.165) is 5.56 Å². The first-order valence-electron chi connectivity index (χ1n) is 15.1. The zero-order valence-corrected chi connectivity index (χ0v) is 25.9. The summed E-state index contributed by atoms with van der Waals surface area (Å²) in [7, 11) is 1.83. The lowest BCUT2D eigenvalue weighted by Crippen LogP contribution is -2.75. The Morgan fingerprint density at radius 1 is 1.07 bits per heavy atom. The Morgan fingerprint density at radius 3 is 2.52 bits per heavy atom. The molecule has 6 heterocycles. The molecule has 8 rings (SSSR count). The second kappa shape index (κ2) is 10.7. The number of ether oxygens (including phenoxy) is 2. The van der Waals surface area contributed by atoms with Crippen LogP contribution >= 0.6 is 11.3 Å². The minimum atomic E-state index is -1.35. The highest BCUT2D eigenvalue weighted by Gasteiger charge is 2.56. The second-order valence-electron chi connectivity index (χ2n) is 12.7. The van der Waals surface area contributed by atoms with Gasteiger partial charge in [-0.1, -0.05) is 11.3 Å². The zero-order valence-electron chi connectivity index (χ0n) is 25.1. The maximum absolute atomic E-state index is 15.8. The van der Waals surface area contributed by atoms with Gasteiger partial charge in [0.25, 0.3) is 5.91 Å². The van der Waals surface area contributed by atoms with Crippen LogP contribution in [0.15, 0.2) is 36.4 Å². The van der Waals surface area contributed by atoms with Crippen molar-refractivity contribution in [1.82, 2.24) is 14.9 Å². The molecular formula is C33H30F2N6O4S. The Morgan fingerprint density at radius 2 is 1.80 bits per heavy atom. The molecule has 13 heteroatoms. The molecule has 1 spiro atoms. The standard InChI is InChI=1S/C33H30F2N6O4S/c1-39(31-38-27(26(12-36)46-31)19-2-4-20(34)5-3-19)29-22-10-21(11-24(35)28(22)37-25-14-45-13-23(25)29)40-15-32(16-40)17-41(18-32)30(42)33(43)6-8-44-9-7-33/h2-5,10-11,43H,6-9,13-18H2,1H3. The first-order valence-corrected chi connectivity index (χ1v) is 16.0. The number of thiazole rings is 1. The molecule has 0 radical (unpaired) electrons. The van der Waals surface area contributed by atoms with Crippen molar-refractivity contribution in [3.05, 3.63) is 64.2 Å². The first-order chi connectivity index (χ1) is 22.2. The molecule has 0 unspecified atom stereocenters. The molecule has 3 saturated heterocycles. The number of likely N-dealkylation sites (tertiary alicyclic amines) is 1. The predicted molar refractivity (Wildman–Crippen MR) is 167 cm³/mol. The van der Waals surface area contributed by atoms with E-state index in [1.54, 1.807) is 17.0 Å².